The third-order valence-electron chi connectivity index (χ3n) is 4.91. The van der Waals surface area contributed by atoms with Crippen LogP contribution in [-0.2, 0) is 11.3 Å². The maximum Gasteiger partial charge on any atom is 0.308 e. The molecule has 0 unspecified atom stereocenters. The van der Waals surface area contributed by atoms with Crippen molar-refractivity contribution in [3.63, 3.8) is 0 Å². The fraction of sp³-hybridized carbons (Fsp3) is 0.474. The van der Waals surface area contributed by atoms with Crippen LogP contribution < -0.4 is 10.2 Å². The summed E-state index contributed by atoms with van der Waals surface area (Å²) in [4.78, 5) is 27.3. The zero-order valence-corrected chi connectivity index (χ0v) is 15.9. The molecule has 0 atom stereocenters. The predicted octanol–water partition coefficient (Wildman–Crippen LogP) is 2.94. The van der Waals surface area contributed by atoms with Gasteiger partial charge in [0.15, 0.2) is 0 Å². The SMILES string of the molecule is Cc1cccc(NC2CCN(C(=O)Cn3c(C)c(C)sc3=O)CC2)c1. The minimum absolute atomic E-state index is 0.0389. The van der Waals surface area contributed by atoms with Gasteiger partial charge in [0.05, 0.1) is 0 Å². The second-order valence-corrected chi connectivity index (χ2v) is 7.93. The first kappa shape index (κ1) is 17.7. The van der Waals surface area contributed by atoms with Crippen LogP contribution in [0.2, 0.25) is 0 Å². The van der Waals surface area contributed by atoms with E-state index in [0.29, 0.717) is 6.04 Å². The summed E-state index contributed by atoms with van der Waals surface area (Å²) < 4.78 is 1.60. The summed E-state index contributed by atoms with van der Waals surface area (Å²) in [6.45, 7) is 7.54. The summed E-state index contributed by atoms with van der Waals surface area (Å²) >= 11 is 1.21. The summed E-state index contributed by atoms with van der Waals surface area (Å²) in [5.74, 6) is 0.0389. The molecule has 3 rings (SSSR count). The number of hydrogen-bond acceptors (Lipinski definition) is 4. The molecule has 2 heterocycles. The number of aromatic nitrogens is 1. The molecular weight excluding hydrogens is 334 g/mol. The molecule has 1 aliphatic heterocycles. The highest BCUT2D eigenvalue weighted by atomic mass is 32.1. The fourth-order valence-electron chi connectivity index (χ4n) is 3.25. The van der Waals surface area contributed by atoms with Gasteiger partial charge in [-0.15, -0.1) is 0 Å². The lowest BCUT2D eigenvalue weighted by Gasteiger charge is -2.33. The van der Waals surface area contributed by atoms with Crippen molar-refractivity contribution < 1.29 is 4.79 Å². The maximum absolute atomic E-state index is 12.5. The van der Waals surface area contributed by atoms with E-state index >= 15 is 0 Å². The van der Waals surface area contributed by atoms with Crippen LogP contribution in [0.1, 0.15) is 29.0 Å². The Balaban J connectivity index is 1.55. The number of anilines is 1. The number of carbonyl (C=O) groups excluding carboxylic acids is 1. The number of likely N-dealkylation sites (tertiary alicyclic amines) is 1. The molecule has 1 aromatic carbocycles. The molecule has 1 aromatic heterocycles. The number of amides is 1. The smallest absolute Gasteiger partial charge is 0.308 e. The Morgan fingerprint density at radius 2 is 1.96 bits per heavy atom. The third kappa shape index (κ3) is 4.12. The third-order valence-corrected chi connectivity index (χ3v) is 5.90. The summed E-state index contributed by atoms with van der Waals surface area (Å²) in [5.41, 5.74) is 3.28. The minimum Gasteiger partial charge on any atom is -0.382 e. The van der Waals surface area contributed by atoms with Gasteiger partial charge in [-0.2, -0.15) is 0 Å². The first-order valence-corrected chi connectivity index (χ1v) is 9.53. The second-order valence-electron chi connectivity index (χ2n) is 6.76. The van der Waals surface area contributed by atoms with E-state index in [1.807, 2.05) is 18.7 Å². The van der Waals surface area contributed by atoms with E-state index in [0.717, 1.165) is 42.2 Å². The first-order chi connectivity index (χ1) is 11.9. The van der Waals surface area contributed by atoms with Gasteiger partial charge in [0.1, 0.15) is 6.54 Å². The van der Waals surface area contributed by atoms with E-state index in [4.69, 9.17) is 0 Å². The molecule has 0 radical (unpaired) electrons. The molecule has 25 heavy (non-hydrogen) atoms. The Morgan fingerprint density at radius 3 is 2.56 bits per heavy atom. The number of nitrogens with zero attached hydrogens (tertiary/aromatic N) is 2. The number of rotatable bonds is 4. The number of aryl methyl sites for hydroxylation is 2. The van der Waals surface area contributed by atoms with Crippen molar-refractivity contribution in [3.8, 4) is 0 Å². The van der Waals surface area contributed by atoms with E-state index in [1.165, 1.54) is 16.9 Å². The van der Waals surface area contributed by atoms with E-state index in [9.17, 15) is 9.59 Å². The minimum atomic E-state index is -0.0423. The van der Waals surface area contributed by atoms with Crippen molar-refractivity contribution in [2.75, 3.05) is 18.4 Å². The standard InChI is InChI=1S/C19H25N3O2S/c1-13-5-4-6-17(11-13)20-16-7-9-21(10-8-16)18(23)12-22-14(2)15(3)25-19(22)24/h4-6,11,16,20H,7-10,12H2,1-3H3. The van der Waals surface area contributed by atoms with Gasteiger partial charge in [-0.25, -0.2) is 0 Å². The van der Waals surface area contributed by atoms with Crippen LogP contribution in [-0.4, -0.2) is 34.5 Å². The molecule has 1 fully saturated rings. The molecule has 1 N–H and O–H groups in total. The molecule has 1 amide bonds. The topological polar surface area (TPSA) is 54.3 Å². The van der Waals surface area contributed by atoms with Gasteiger partial charge in [0, 0.05) is 35.4 Å². The lowest BCUT2D eigenvalue weighted by Crippen LogP contribution is -2.44. The largest absolute Gasteiger partial charge is 0.382 e. The number of piperidine rings is 1. The molecule has 1 saturated heterocycles. The van der Waals surface area contributed by atoms with Gasteiger partial charge in [-0.3, -0.25) is 14.2 Å². The molecule has 134 valence electrons. The fourth-order valence-corrected chi connectivity index (χ4v) is 4.08. The van der Waals surface area contributed by atoms with Gasteiger partial charge in [-0.1, -0.05) is 23.5 Å². The first-order valence-electron chi connectivity index (χ1n) is 8.72. The normalized spacial score (nSPS) is 15.4. The molecule has 1 aliphatic rings. The molecule has 0 saturated carbocycles. The number of hydrogen-bond donors (Lipinski definition) is 1. The summed E-state index contributed by atoms with van der Waals surface area (Å²) in [6, 6.07) is 8.75. The van der Waals surface area contributed by atoms with Crippen molar-refractivity contribution in [3.05, 3.63) is 50.1 Å². The Hall–Kier alpha value is -2.08. The number of thiazole rings is 1. The van der Waals surface area contributed by atoms with Crippen molar-refractivity contribution in [2.45, 2.75) is 46.2 Å². The van der Waals surface area contributed by atoms with Gasteiger partial charge in [-0.05, 0) is 51.3 Å². The van der Waals surface area contributed by atoms with Gasteiger partial charge in [0.2, 0.25) is 5.91 Å². The molecule has 2 aromatic rings. The number of benzene rings is 1. The second kappa shape index (κ2) is 7.44. The number of nitrogens with one attached hydrogen (secondary N) is 1. The Morgan fingerprint density at radius 1 is 1.24 bits per heavy atom. The van der Waals surface area contributed by atoms with Crippen LogP contribution in [0.15, 0.2) is 29.1 Å². The van der Waals surface area contributed by atoms with E-state index in [2.05, 4.69) is 36.5 Å². The summed E-state index contributed by atoms with van der Waals surface area (Å²) in [7, 11) is 0. The average molecular weight is 359 g/mol. The molecular formula is C19H25N3O2S. The molecule has 0 aliphatic carbocycles. The van der Waals surface area contributed by atoms with Crippen molar-refractivity contribution in [1.29, 1.82) is 0 Å². The van der Waals surface area contributed by atoms with Crippen LogP contribution in [0.5, 0.6) is 0 Å². The summed E-state index contributed by atoms with van der Waals surface area (Å²) in [6.07, 6.45) is 1.85. The Labute approximate surface area is 152 Å². The zero-order valence-electron chi connectivity index (χ0n) is 15.0. The van der Waals surface area contributed by atoms with Crippen molar-refractivity contribution in [2.24, 2.45) is 0 Å². The van der Waals surface area contributed by atoms with E-state index in [-0.39, 0.29) is 17.3 Å². The highest BCUT2D eigenvalue weighted by Crippen LogP contribution is 2.18. The van der Waals surface area contributed by atoms with Crippen molar-refractivity contribution in [1.82, 2.24) is 9.47 Å². The highest BCUT2D eigenvalue weighted by molar-refractivity contribution is 7.09. The predicted molar refractivity (Wildman–Crippen MR) is 102 cm³/mol. The summed E-state index contributed by atoms with van der Waals surface area (Å²) in [5, 5.41) is 3.56. The lowest BCUT2D eigenvalue weighted by atomic mass is 10.0. The van der Waals surface area contributed by atoms with Crippen LogP contribution in [0.3, 0.4) is 0 Å². The number of carbonyl (C=O) groups is 1. The van der Waals surface area contributed by atoms with Gasteiger partial charge < -0.3 is 10.2 Å². The zero-order chi connectivity index (χ0) is 18.0. The average Bonchev–Trinajstić information content (AvgIpc) is 2.82. The van der Waals surface area contributed by atoms with Crippen LogP contribution in [0.4, 0.5) is 5.69 Å². The van der Waals surface area contributed by atoms with Gasteiger partial charge >= 0.3 is 4.87 Å². The molecule has 6 heteroatoms. The quantitative estimate of drug-likeness (QED) is 0.913. The van der Waals surface area contributed by atoms with Crippen LogP contribution in [0, 0.1) is 20.8 Å². The highest BCUT2D eigenvalue weighted by Gasteiger charge is 2.23. The lowest BCUT2D eigenvalue weighted by molar-refractivity contribution is -0.132. The van der Waals surface area contributed by atoms with E-state index in [1.54, 1.807) is 4.57 Å². The van der Waals surface area contributed by atoms with Crippen molar-refractivity contribution >= 4 is 22.9 Å². The van der Waals surface area contributed by atoms with Crippen LogP contribution in [0.25, 0.3) is 0 Å². The molecule has 0 bridgehead atoms. The Bertz CT molecular complexity index is 816. The Kier molecular flexibility index (Phi) is 5.27. The maximum atomic E-state index is 12.5. The van der Waals surface area contributed by atoms with Gasteiger partial charge in [0.25, 0.3) is 0 Å². The monoisotopic (exact) mass is 359 g/mol. The van der Waals surface area contributed by atoms with Crippen LogP contribution >= 0.6 is 11.3 Å². The molecule has 0 spiro atoms. The molecule has 5 nitrogen and oxygen atoms in total. The van der Waals surface area contributed by atoms with E-state index < -0.39 is 0 Å².